The molecule has 3 N–H and O–H groups in total. The van der Waals surface area contributed by atoms with E-state index in [1.54, 1.807) is 18.2 Å². The lowest BCUT2D eigenvalue weighted by molar-refractivity contribution is -0.0410. The van der Waals surface area contributed by atoms with E-state index in [0.29, 0.717) is 23.2 Å². The van der Waals surface area contributed by atoms with Gasteiger partial charge in [-0.3, -0.25) is 13.6 Å². The fourth-order valence-corrected chi connectivity index (χ4v) is 4.62. The van der Waals surface area contributed by atoms with Gasteiger partial charge in [0, 0.05) is 13.2 Å². The van der Waals surface area contributed by atoms with Gasteiger partial charge in [-0.1, -0.05) is 0 Å². The first kappa shape index (κ1) is 20.2. The van der Waals surface area contributed by atoms with Crippen molar-refractivity contribution in [3.8, 4) is 0 Å². The summed E-state index contributed by atoms with van der Waals surface area (Å²) >= 11 is 0. The van der Waals surface area contributed by atoms with Gasteiger partial charge in [-0.2, -0.15) is 0 Å². The lowest BCUT2D eigenvalue weighted by atomic mass is 10.2. The number of hydrogen-bond donors (Lipinski definition) is 2. The predicted molar refractivity (Wildman–Crippen MR) is 103 cm³/mol. The Labute approximate surface area is 150 Å². The van der Waals surface area contributed by atoms with Crippen molar-refractivity contribution in [1.29, 1.82) is 0 Å². The summed E-state index contributed by atoms with van der Waals surface area (Å²) in [6, 6.07) is 5.19. The van der Waals surface area contributed by atoms with E-state index in [4.69, 9.17) is 19.5 Å². The Kier molecular flexibility index (Phi) is 5.89. The largest absolute Gasteiger partial charge is 0.397 e. The molecule has 0 aliphatic carbocycles. The molecule has 1 heterocycles. The second-order valence-corrected chi connectivity index (χ2v) is 10.2. The zero-order valence-corrected chi connectivity index (χ0v) is 17.0. The number of hydrogen-bond acceptors (Lipinski definition) is 6. The molecule has 1 aromatic carbocycles. The summed E-state index contributed by atoms with van der Waals surface area (Å²) in [7, 11) is -3.53. The smallest absolute Gasteiger partial charge is 0.362 e. The minimum absolute atomic E-state index is 0.200. The highest BCUT2D eigenvalue weighted by atomic mass is 31.2. The highest BCUT2D eigenvalue weighted by Gasteiger charge is 2.37. The zero-order chi connectivity index (χ0) is 18.9. The van der Waals surface area contributed by atoms with Crippen molar-refractivity contribution < 1.29 is 18.3 Å². The normalized spacial score (nSPS) is 18.7. The van der Waals surface area contributed by atoms with Gasteiger partial charge < -0.3 is 15.8 Å². The van der Waals surface area contributed by atoms with Gasteiger partial charge in [0.1, 0.15) is 0 Å². The topological polar surface area (TPSA) is 82.8 Å². The Hall–Kier alpha value is -1.07. The van der Waals surface area contributed by atoms with E-state index in [9.17, 15) is 4.57 Å². The minimum Gasteiger partial charge on any atom is -0.397 e. The van der Waals surface area contributed by atoms with E-state index in [1.165, 1.54) is 0 Å². The molecule has 2 rings (SSSR count). The lowest BCUT2D eigenvalue weighted by Crippen LogP contribution is -2.34. The van der Waals surface area contributed by atoms with Gasteiger partial charge >= 0.3 is 7.60 Å². The van der Waals surface area contributed by atoms with Crippen molar-refractivity contribution in [2.45, 2.75) is 65.3 Å². The Morgan fingerprint density at radius 1 is 1.20 bits per heavy atom. The number of anilines is 2. The van der Waals surface area contributed by atoms with Crippen molar-refractivity contribution >= 4 is 24.3 Å². The predicted octanol–water partition coefficient (Wildman–Crippen LogP) is 3.92. The number of ether oxygens (including phenoxy) is 1. The van der Waals surface area contributed by atoms with Gasteiger partial charge in [-0.15, -0.1) is 0 Å². The van der Waals surface area contributed by atoms with Gasteiger partial charge in [0.15, 0.2) is 0 Å². The second kappa shape index (κ2) is 7.28. The molecule has 0 spiro atoms. The van der Waals surface area contributed by atoms with Gasteiger partial charge in [-0.25, -0.2) is 0 Å². The van der Waals surface area contributed by atoms with Crippen LogP contribution in [0.25, 0.3) is 0 Å². The lowest BCUT2D eigenvalue weighted by Gasteiger charge is -2.32. The molecule has 1 atom stereocenters. The third kappa shape index (κ3) is 6.00. The van der Waals surface area contributed by atoms with Crippen LogP contribution >= 0.6 is 7.60 Å². The number of nitrogens with two attached hydrogens (primary N) is 1. The Morgan fingerprint density at radius 2 is 1.76 bits per heavy atom. The number of nitrogen functional groups attached to an aromatic ring is 1. The van der Waals surface area contributed by atoms with E-state index in [-0.39, 0.29) is 6.10 Å². The molecule has 6 nitrogen and oxygen atoms in total. The van der Waals surface area contributed by atoms with Crippen LogP contribution in [-0.2, 0) is 18.3 Å². The maximum atomic E-state index is 13.6. The molecule has 0 radical (unpaired) electrons. The third-order valence-corrected chi connectivity index (χ3v) is 5.94. The molecular formula is C18H31N2O4P. The highest BCUT2D eigenvalue weighted by Crippen LogP contribution is 2.53. The van der Waals surface area contributed by atoms with Crippen LogP contribution in [0.2, 0.25) is 0 Å². The fourth-order valence-electron chi connectivity index (χ4n) is 2.38. The maximum Gasteiger partial charge on any atom is 0.362 e. The second-order valence-electron chi connectivity index (χ2n) is 8.34. The first-order chi connectivity index (χ1) is 11.4. The highest BCUT2D eigenvalue weighted by molar-refractivity contribution is 7.62. The van der Waals surface area contributed by atoms with Crippen LogP contribution in [0.5, 0.6) is 0 Å². The quantitative estimate of drug-likeness (QED) is 0.583. The maximum absolute atomic E-state index is 13.6. The molecule has 1 fully saturated rings. The van der Waals surface area contributed by atoms with E-state index < -0.39 is 18.8 Å². The van der Waals surface area contributed by atoms with Crippen molar-refractivity contribution in [1.82, 2.24) is 0 Å². The van der Waals surface area contributed by atoms with Crippen LogP contribution in [0.1, 0.15) is 48.0 Å². The van der Waals surface area contributed by atoms with Crippen LogP contribution in [0.4, 0.5) is 11.4 Å². The molecule has 0 amide bonds. The number of rotatable bonds is 6. The average Bonchev–Trinajstić information content (AvgIpc) is 2.34. The fraction of sp³-hybridized carbons (Fsp3) is 0.667. The number of benzene rings is 1. The van der Waals surface area contributed by atoms with Gasteiger partial charge in [0.2, 0.25) is 0 Å². The molecule has 1 saturated heterocycles. The zero-order valence-electron chi connectivity index (χ0n) is 16.1. The monoisotopic (exact) mass is 370 g/mol. The Bertz CT molecular complexity index is 625. The van der Waals surface area contributed by atoms with Gasteiger partial charge in [0.05, 0.1) is 34.0 Å². The molecule has 1 aromatic rings. The van der Waals surface area contributed by atoms with Crippen LogP contribution in [0.15, 0.2) is 18.2 Å². The van der Waals surface area contributed by atoms with E-state index in [0.717, 1.165) is 13.0 Å². The van der Waals surface area contributed by atoms with Gasteiger partial charge in [-0.05, 0) is 66.2 Å². The standard InChI is InChI=1S/C18H31N2O4P/c1-17(2,3)23-25(21,24-18(4,5)6)14-7-8-15(19)16(11-14)20-12-13-9-10-22-13/h7-8,11,13,20H,9-10,12,19H2,1-6H3/t13-/m0/s1. The molecule has 1 aliphatic rings. The Morgan fingerprint density at radius 3 is 2.20 bits per heavy atom. The summed E-state index contributed by atoms with van der Waals surface area (Å²) in [5.74, 6) is 0. The van der Waals surface area contributed by atoms with E-state index in [1.807, 2.05) is 41.5 Å². The van der Waals surface area contributed by atoms with Crippen molar-refractivity contribution in [2.24, 2.45) is 0 Å². The molecule has 0 unspecified atom stereocenters. The number of nitrogens with one attached hydrogen (secondary N) is 1. The molecule has 7 heteroatoms. The van der Waals surface area contributed by atoms with Crippen LogP contribution in [-0.4, -0.2) is 30.5 Å². The first-order valence-electron chi connectivity index (χ1n) is 8.65. The molecule has 0 aromatic heterocycles. The van der Waals surface area contributed by atoms with Crippen LogP contribution < -0.4 is 16.4 Å². The molecular weight excluding hydrogens is 339 g/mol. The summed E-state index contributed by atoms with van der Waals surface area (Å²) in [6.07, 6.45) is 1.23. The molecule has 25 heavy (non-hydrogen) atoms. The first-order valence-corrected chi connectivity index (χ1v) is 10.2. The van der Waals surface area contributed by atoms with Crippen molar-refractivity contribution in [2.75, 3.05) is 24.2 Å². The summed E-state index contributed by atoms with van der Waals surface area (Å²) in [5.41, 5.74) is 6.12. The molecule has 142 valence electrons. The van der Waals surface area contributed by atoms with E-state index >= 15 is 0 Å². The van der Waals surface area contributed by atoms with E-state index in [2.05, 4.69) is 5.32 Å². The molecule has 0 saturated carbocycles. The van der Waals surface area contributed by atoms with Crippen LogP contribution in [0, 0.1) is 0 Å². The average molecular weight is 370 g/mol. The van der Waals surface area contributed by atoms with Gasteiger partial charge in [0.25, 0.3) is 0 Å². The van der Waals surface area contributed by atoms with Crippen LogP contribution in [0.3, 0.4) is 0 Å². The SMILES string of the molecule is CC(C)(C)OP(=O)(OC(C)(C)C)c1ccc(N)c(NC[C@@H]2CCO2)c1. The van der Waals surface area contributed by atoms with Crippen molar-refractivity contribution in [3.05, 3.63) is 18.2 Å². The molecule has 0 bridgehead atoms. The molecule has 1 aliphatic heterocycles. The third-order valence-electron chi connectivity index (χ3n) is 3.45. The summed E-state index contributed by atoms with van der Waals surface area (Å²) < 4.78 is 30.8. The minimum atomic E-state index is -3.53. The summed E-state index contributed by atoms with van der Waals surface area (Å²) in [6.45, 7) is 12.6. The Balaban J connectivity index is 2.30. The summed E-state index contributed by atoms with van der Waals surface area (Å²) in [5, 5.41) is 3.76. The summed E-state index contributed by atoms with van der Waals surface area (Å²) in [4.78, 5) is 0. The van der Waals surface area contributed by atoms with Crippen molar-refractivity contribution in [3.63, 3.8) is 0 Å².